The van der Waals surface area contributed by atoms with Crippen LogP contribution in [0.5, 0.6) is 0 Å². The molecular weight excluding hydrogens is 154 g/mol. The molecule has 1 N–H and O–H groups in total. The van der Waals surface area contributed by atoms with Gasteiger partial charge in [-0.3, -0.25) is 4.79 Å². The Morgan fingerprint density at radius 1 is 1.58 bits per heavy atom. The van der Waals surface area contributed by atoms with Crippen molar-refractivity contribution in [2.24, 2.45) is 5.41 Å². The molecule has 0 aliphatic heterocycles. The van der Waals surface area contributed by atoms with E-state index in [1.54, 1.807) is 7.11 Å². The van der Waals surface area contributed by atoms with Crippen molar-refractivity contribution in [3.05, 3.63) is 0 Å². The van der Waals surface area contributed by atoms with E-state index in [0.717, 1.165) is 0 Å². The van der Waals surface area contributed by atoms with Gasteiger partial charge in [-0.1, -0.05) is 13.8 Å². The van der Waals surface area contributed by atoms with Crippen LogP contribution in [0.15, 0.2) is 0 Å². The lowest BCUT2D eigenvalue weighted by molar-refractivity contribution is -0.120. The second kappa shape index (κ2) is 4.45. The molecule has 0 saturated carbocycles. The lowest BCUT2D eigenvalue weighted by atomic mass is 9.86. The van der Waals surface area contributed by atoms with E-state index >= 15 is 0 Å². The highest BCUT2D eigenvalue weighted by atomic mass is 16.5. The maximum atomic E-state index is 10.8. The fraction of sp³-hybridized carbons (Fsp3) is 0.889. The van der Waals surface area contributed by atoms with E-state index in [4.69, 9.17) is 4.74 Å². The Hall–Kier alpha value is -0.570. The zero-order valence-corrected chi connectivity index (χ0v) is 8.60. The molecule has 0 radical (unpaired) electrons. The summed E-state index contributed by atoms with van der Waals surface area (Å²) in [5.74, 6) is 0.00618. The third kappa shape index (κ3) is 3.72. The number of methoxy groups -OCH3 is 1. The van der Waals surface area contributed by atoms with Crippen molar-refractivity contribution in [1.82, 2.24) is 5.32 Å². The Labute approximate surface area is 74.5 Å². The van der Waals surface area contributed by atoms with Crippen LogP contribution >= 0.6 is 0 Å². The molecule has 3 heteroatoms. The number of rotatable bonds is 4. The highest BCUT2D eigenvalue weighted by Crippen LogP contribution is 2.20. The van der Waals surface area contributed by atoms with Crippen molar-refractivity contribution in [2.75, 3.05) is 13.7 Å². The molecule has 12 heavy (non-hydrogen) atoms. The monoisotopic (exact) mass is 173 g/mol. The topological polar surface area (TPSA) is 38.3 Å². The Balaban J connectivity index is 4.04. The lowest BCUT2D eigenvalue weighted by Gasteiger charge is -2.31. The molecule has 0 aliphatic carbocycles. The molecule has 1 atom stereocenters. The molecule has 0 bridgehead atoms. The number of amides is 1. The summed E-state index contributed by atoms with van der Waals surface area (Å²) in [6.07, 6.45) is 0. The molecule has 0 saturated heterocycles. The molecule has 72 valence electrons. The van der Waals surface area contributed by atoms with Gasteiger partial charge in [-0.2, -0.15) is 0 Å². The minimum Gasteiger partial charge on any atom is -0.384 e. The zero-order chi connectivity index (χ0) is 9.78. The molecule has 3 nitrogen and oxygen atoms in total. The minimum absolute atomic E-state index is 0.00618. The van der Waals surface area contributed by atoms with Crippen LogP contribution in [0.25, 0.3) is 0 Å². The predicted molar refractivity (Wildman–Crippen MR) is 48.9 cm³/mol. The quantitative estimate of drug-likeness (QED) is 0.693. The van der Waals surface area contributed by atoms with Crippen molar-refractivity contribution in [1.29, 1.82) is 0 Å². The first kappa shape index (κ1) is 11.4. The number of carbonyl (C=O) groups is 1. The second-order valence-corrected chi connectivity index (χ2v) is 3.84. The highest BCUT2D eigenvalue weighted by molar-refractivity contribution is 5.73. The lowest BCUT2D eigenvalue weighted by Crippen LogP contribution is -2.44. The van der Waals surface area contributed by atoms with Crippen molar-refractivity contribution in [3.63, 3.8) is 0 Å². The molecule has 0 heterocycles. The van der Waals surface area contributed by atoms with Gasteiger partial charge in [-0.05, 0) is 6.92 Å². The van der Waals surface area contributed by atoms with E-state index in [1.165, 1.54) is 6.92 Å². The summed E-state index contributed by atoms with van der Waals surface area (Å²) in [6.45, 7) is 8.29. The zero-order valence-electron chi connectivity index (χ0n) is 8.60. The Kier molecular flexibility index (Phi) is 4.24. The van der Waals surface area contributed by atoms with Crippen LogP contribution in [0.4, 0.5) is 0 Å². The van der Waals surface area contributed by atoms with Crippen molar-refractivity contribution in [3.8, 4) is 0 Å². The van der Waals surface area contributed by atoms with Crippen molar-refractivity contribution >= 4 is 5.91 Å². The summed E-state index contributed by atoms with van der Waals surface area (Å²) in [5.41, 5.74) is -0.0135. The smallest absolute Gasteiger partial charge is 0.217 e. The third-order valence-corrected chi connectivity index (χ3v) is 2.11. The number of nitrogens with one attached hydrogen (secondary N) is 1. The Morgan fingerprint density at radius 2 is 2.08 bits per heavy atom. The normalized spacial score (nSPS) is 14.1. The number of hydrogen-bond acceptors (Lipinski definition) is 2. The first-order valence-corrected chi connectivity index (χ1v) is 4.16. The van der Waals surface area contributed by atoms with Crippen molar-refractivity contribution in [2.45, 2.75) is 33.7 Å². The summed E-state index contributed by atoms with van der Waals surface area (Å²) >= 11 is 0. The summed E-state index contributed by atoms with van der Waals surface area (Å²) < 4.78 is 5.06. The second-order valence-electron chi connectivity index (χ2n) is 3.84. The average Bonchev–Trinajstić information content (AvgIpc) is 1.85. The van der Waals surface area contributed by atoms with E-state index in [9.17, 15) is 4.79 Å². The molecular formula is C9H19NO2. The van der Waals surface area contributed by atoms with E-state index in [2.05, 4.69) is 19.2 Å². The molecule has 0 fully saturated rings. The van der Waals surface area contributed by atoms with Gasteiger partial charge in [-0.25, -0.2) is 0 Å². The molecule has 0 aromatic carbocycles. The predicted octanol–water partition coefficient (Wildman–Crippen LogP) is 1.18. The van der Waals surface area contributed by atoms with Crippen LogP contribution in [0, 0.1) is 5.41 Å². The number of ether oxygens (including phenoxy) is 1. The van der Waals surface area contributed by atoms with Gasteiger partial charge in [0.2, 0.25) is 5.91 Å². The Bertz CT molecular complexity index is 155. The van der Waals surface area contributed by atoms with E-state index in [1.807, 2.05) is 6.92 Å². The van der Waals surface area contributed by atoms with Gasteiger partial charge in [0.15, 0.2) is 0 Å². The van der Waals surface area contributed by atoms with Crippen LogP contribution in [-0.4, -0.2) is 25.7 Å². The first-order valence-electron chi connectivity index (χ1n) is 4.16. The van der Waals surface area contributed by atoms with Gasteiger partial charge in [0.25, 0.3) is 0 Å². The van der Waals surface area contributed by atoms with Gasteiger partial charge in [0, 0.05) is 25.5 Å². The maximum Gasteiger partial charge on any atom is 0.217 e. The average molecular weight is 173 g/mol. The van der Waals surface area contributed by atoms with Gasteiger partial charge >= 0.3 is 0 Å². The molecule has 1 unspecified atom stereocenters. The van der Waals surface area contributed by atoms with E-state index in [-0.39, 0.29) is 17.4 Å². The molecule has 0 aromatic rings. The van der Waals surface area contributed by atoms with Crippen LogP contribution in [0.2, 0.25) is 0 Å². The molecule has 0 spiro atoms. The van der Waals surface area contributed by atoms with E-state index in [0.29, 0.717) is 6.61 Å². The number of hydrogen-bond donors (Lipinski definition) is 1. The van der Waals surface area contributed by atoms with Crippen LogP contribution < -0.4 is 5.32 Å². The van der Waals surface area contributed by atoms with Crippen molar-refractivity contribution < 1.29 is 9.53 Å². The highest BCUT2D eigenvalue weighted by Gasteiger charge is 2.26. The standard InChI is InChI=1S/C9H19NO2/c1-7(10-8(2)11)9(3,4)6-12-5/h7H,6H2,1-5H3,(H,10,11). The van der Waals surface area contributed by atoms with Gasteiger partial charge in [-0.15, -0.1) is 0 Å². The van der Waals surface area contributed by atoms with Gasteiger partial charge in [0.05, 0.1) is 6.61 Å². The maximum absolute atomic E-state index is 10.8. The minimum atomic E-state index is -0.0135. The summed E-state index contributed by atoms with van der Waals surface area (Å²) in [7, 11) is 1.67. The number of carbonyl (C=O) groups excluding carboxylic acids is 1. The van der Waals surface area contributed by atoms with Crippen LogP contribution in [-0.2, 0) is 9.53 Å². The van der Waals surface area contributed by atoms with Gasteiger partial charge < -0.3 is 10.1 Å². The summed E-state index contributed by atoms with van der Waals surface area (Å²) in [4.78, 5) is 10.8. The molecule has 1 amide bonds. The van der Waals surface area contributed by atoms with E-state index < -0.39 is 0 Å². The third-order valence-electron chi connectivity index (χ3n) is 2.11. The summed E-state index contributed by atoms with van der Waals surface area (Å²) in [6, 6.07) is 0.134. The van der Waals surface area contributed by atoms with Gasteiger partial charge in [0.1, 0.15) is 0 Å². The van der Waals surface area contributed by atoms with Crippen LogP contribution in [0.3, 0.4) is 0 Å². The Morgan fingerprint density at radius 3 is 2.42 bits per heavy atom. The molecule has 0 rings (SSSR count). The molecule has 0 aliphatic rings. The fourth-order valence-electron chi connectivity index (χ4n) is 0.997. The fourth-order valence-corrected chi connectivity index (χ4v) is 0.997. The largest absolute Gasteiger partial charge is 0.384 e. The SMILES string of the molecule is COCC(C)(C)C(C)NC(C)=O. The van der Waals surface area contributed by atoms with Crippen LogP contribution in [0.1, 0.15) is 27.7 Å². The summed E-state index contributed by atoms with van der Waals surface area (Å²) in [5, 5.41) is 2.85. The molecule has 0 aromatic heterocycles. The first-order chi connectivity index (χ1) is 5.40.